The molecule has 168 valence electrons. The van der Waals surface area contributed by atoms with E-state index in [-0.39, 0.29) is 40.2 Å². The number of rotatable bonds is 2. The van der Waals surface area contributed by atoms with Gasteiger partial charge in [-0.15, -0.1) is 0 Å². The average molecular weight is 434 g/mol. The summed E-state index contributed by atoms with van der Waals surface area (Å²) in [4.78, 5) is 15.7. The molecule has 5 heteroatoms. The minimum atomic E-state index is -0.497. The van der Waals surface area contributed by atoms with Crippen LogP contribution in [0.3, 0.4) is 0 Å². The second-order valence-corrected chi connectivity index (χ2v) is 12.4. The van der Waals surface area contributed by atoms with Crippen molar-refractivity contribution in [2.75, 3.05) is 6.54 Å². The summed E-state index contributed by atoms with van der Waals surface area (Å²) in [5, 5.41) is 23.2. The summed E-state index contributed by atoms with van der Waals surface area (Å²) in [5.41, 5.74) is 1.28. The first-order valence-electron chi connectivity index (χ1n) is 12.4. The van der Waals surface area contributed by atoms with Gasteiger partial charge in [0.1, 0.15) is 6.10 Å². The van der Waals surface area contributed by atoms with Gasteiger partial charge in [0.05, 0.1) is 17.8 Å². The van der Waals surface area contributed by atoms with E-state index in [1.54, 1.807) is 0 Å². The zero-order valence-electron chi connectivity index (χ0n) is 18.5. The van der Waals surface area contributed by atoms with E-state index in [4.69, 9.17) is 4.74 Å². The molecule has 2 N–H and O–H groups in total. The van der Waals surface area contributed by atoms with Gasteiger partial charge in [-0.3, -0.25) is 4.90 Å². The van der Waals surface area contributed by atoms with Crippen LogP contribution in [0.15, 0.2) is 42.5 Å². The average Bonchev–Trinajstić information content (AvgIpc) is 3.19. The van der Waals surface area contributed by atoms with E-state index in [1.807, 2.05) is 30.3 Å². The number of fused-ring (bicyclic) bond motifs is 1. The van der Waals surface area contributed by atoms with Gasteiger partial charge in [0.25, 0.3) is 0 Å². The van der Waals surface area contributed by atoms with Gasteiger partial charge in [-0.25, -0.2) is 4.79 Å². The maximum Gasteiger partial charge on any atom is 0.338 e. The SMILES string of the molecule is C=C1C2CC3C4N5CC6(C)CC(OC(=O)c7ccccc7)CC47C6C5CC3(C1O)C7C2O. The normalized spacial score (nSPS) is 59.7. The van der Waals surface area contributed by atoms with E-state index in [0.29, 0.717) is 29.5 Å². The third-order valence-corrected chi connectivity index (χ3v) is 11.5. The number of hydrogen-bond donors (Lipinski definition) is 2. The van der Waals surface area contributed by atoms with Crippen molar-refractivity contribution in [2.45, 2.75) is 63.0 Å². The van der Waals surface area contributed by atoms with Crippen LogP contribution in [0.4, 0.5) is 0 Å². The Morgan fingerprint density at radius 1 is 1.12 bits per heavy atom. The van der Waals surface area contributed by atoms with Crippen LogP contribution < -0.4 is 0 Å². The first kappa shape index (κ1) is 18.7. The summed E-state index contributed by atoms with van der Waals surface area (Å²) in [7, 11) is 0. The van der Waals surface area contributed by atoms with Crippen molar-refractivity contribution in [3.8, 4) is 0 Å². The molecule has 6 aliphatic carbocycles. The predicted molar refractivity (Wildman–Crippen MR) is 116 cm³/mol. The molecule has 9 aliphatic rings. The predicted octanol–water partition coefficient (Wildman–Crippen LogP) is 2.63. The molecule has 0 amide bonds. The van der Waals surface area contributed by atoms with Crippen molar-refractivity contribution in [1.29, 1.82) is 0 Å². The number of hydrogen-bond acceptors (Lipinski definition) is 5. The fourth-order valence-electron chi connectivity index (χ4n) is 11.4. The van der Waals surface area contributed by atoms with E-state index >= 15 is 0 Å². The highest BCUT2D eigenvalue weighted by atomic mass is 16.5. The molecule has 3 saturated heterocycles. The summed E-state index contributed by atoms with van der Waals surface area (Å²) in [5.74, 6) is 0.822. The number of ether oxygens (including phenoxy) is 1. The van der Waals surface area contributed by atoms with E-state index in [1.165, 1.54) is 0 Å². The first-order chi connectivity index (χ1) is 15.3. The fourth-order valence-corrected chi connectivity index (χ4v) is 11.4. The second-order valence-electron chi connectivity index (χ2n) is 12.4. The quantitative estimate of drug-likeness (QED) is 0.554. The monoisotopic (exact) mass is 433 g/mol. The van der Waals surface area contributed by atoms with Gasteiger partial charge in [-0.1, -0.05) is 31.7 Å². The van der Waals surface area contributed by atoms with Crippen LogP contribution in [0, 0.1) is 39.9 Å². The Labute approximate surface area is 188 Å². The number of aliphatic hydroxyl groups excluding tert-OH is 2. The van der Waals surface area contributed by atoms with Gasteiger partial charge < -0.3 is 14.9 Å². The summed E-state index contributed by atoms with van der Waals surface area (Å²) in [6.45, 7) is 7.70. The lowest BCUT2D eigenvalue weighted by atomic mass is 9.39. The van der Waals surface area contributed by atoms with Crippen molar-refractivity contribution >= 4 is 5.97 Å². The van der Waals surface area contributed by atoms with Crippen LogP contribution in [0.2, 0.25) is 0 Å². The van der Waals surface area contributed by atoms with Gasteiger partial charge in [0, 0.05) is 41.3 Å². The molecule has 0 aromatic heterocycles. The highest BCUT2D eigenvalue weighted by Crippen LogP contribution is 2.87. The van der Waals surface area contributed by atoms with E-state index < -0.39 is 12.2 Å². The Bertz CT molecular complexity index is 1070. The number of nitrogens with zero attached hydrogens (tertiary/aromatic N) is 1. The maximum atomic E-state index is 13.0. The topological polar surface area (TPSA) is 70.0 Å². The second kappa shape index (κ2) is 5.34. The fraction of sp³-hybridized carbons (Fsp3) is 0.667. The van der Waals surface area contributed by atoms with Crippen molar-refractivity contribution in [3.05, 3.63) is 48.0 Å². The molecule has 1 aromatic carbocycles. The van der Waals surface area contributed by atoms with Crippen LogP contribution in [-0.2, 0) is 4.74 Å². The third kappa shape index (κ3) is 1.67. The molecule has 13 unspecified atom stereocenters. The molecule has 6 saturated carbocycles. The molecule has 13 atom stereocenters. The molecule has 2 spiro atoms. The molecule has 9 fully saturated rings. The Balaban J connectivity index is 1.24. The summed E-state index contributed by atoms with van der Waals surface area (Å²) >= 11 is 0. The molecular formula is C27H31NO4. The Hall–Kier alpha value is -1.69. The van der Waals surface area contributed by atoms with Gasteiger partial charge in [-0.2, -0.15) is 0 Å². The zero-order valence-corrected chi connectivity index (χ0v) is 18.5. The minimum Gasteiger partial charge on any atom is -0.459 e. The van der Waals surface area contributed by atoms with Crippen LogP contribution in [0.5, 0.6) is 0 Å². The summed E-state index contributed by atoms with van der Waals surface area (Å²) < 4.78 is 6.19. The van der Waals surface area contributed by atoms with Crippen molar-refractivity contribution < 1.29 is 19.7 Å². The lowest BCUT2D eigenvalue weighted by Gasteiger charge is -2.66. The van der Waals surface area contributed by atoms with Crippen LogP contribution in [-0.4, -0.2) is 58.0 Å². The first-order valence-corrected chi connectivity index (χ1v) is 12.4. The van der Waals surface area contributed by atoms with Gasteiger partial charge in [-0.05, 0) is 60.6 Å². The van der Waals surface area contributed by atoms with Crippen molar-refractivity contribution in [1.82, 2.24) is 4.90 Å². The number of esters is 1. The van der Waals surface area contributed by atoms with Crippen LogP contribution >= 0.6 is 0 Å². The molecule has 1 aromatic rings. The highest BCUT2D eigenvalue weighted by Gasteiger charge is 2.90. The highest BCUT2D eigenvalue weighted by molar-refractivity contribution is 5.89. The Morgan fingerprint density at radius 3 is 2.69 bits per heavy atom. The molecule has 3 heterocycles. The van der Waals surface area contributed by atoms with Gasteiger partial charge >= 0.3 is 5.97 Å². The number of aliphatic hydroxyl groups is 2. The van der Waals surface area contributed by atoms with Gasteiger partial charge in [0.2, 0.25) is 0 Å². The molecule has 0 radical (unpaired) electrons. The largest absolute Gasteiger partial charge is 0.459 e. The lowest BCUT2D eigenvalue weighted by molar-refractivity contribution is -0.220. The van der Waals surface area contributed by atoms with Crippen LogP contribution in [0.25, 0.3) is 0 Å². The van der Waals surface area contributed by atoms with E-state index in [9.17, 15) is 15.0 Å². The van der Waals surface area contributed by atoms with E-state index in [0.717, 1.165) is 37.8 Å². The van der Waals surface area contributed by atoms with Gasteiger partial charge in [0.15, 0.2) is 0 Å². The molecule has 3 aliphatic heterocycles. The lowest BCUT2D eigenvalue weighted by Crippen LogP contribution is -2.69. The Kier molecular flexibility index (Phi) is 3.12. The number of benzene rings is 1. The molecule has 9 bridgehead atoms. The standard InChI is InChI=1S/C27H31NO4/c1-13-16-8-17-22-27-10-15(32-24(31)14-6-4-3-5-7-14)9-25(2)12-28(22)18(20(25)27)11-26(17,23(13)30)21(27)19(16)29/h3-7,15-23,29-30H,1,8-12H2,2H3. The summed E-state index contributed by atoms with van der Waals surface area (Å²) in [6.07, 6.45) is 2.63. The molecular weight excluding hydrogens is 402 g/mol. The maximum absolute atomic E-state index is 13.0. The van der Waals surface area contributed by atoms with E-state index in [2.05, 4.69) is 18.4 Å². The number of carbonyl (C=O) groups is 1. The number of carbonyl (C=O) groups excluding carboxylic acids is 1. The van der Waals surface area contributed by atoms with Crippen molar-refractivity contribution in [2.24, 2.45) is 39.9 Å². The molecule has 32 heavy (non-hydrogen) atoms. The summed E-state index contributed by atoms with van der Waals surface area (Å²) in [6, 6.07) is 10.2. The third-order valence-electron chi connectivity index (χ3n) is 11.5. The zero-order chi connectivity index (χ0) is 21.8. The van der Waals surface area contributed by atoms with Crippen LogP contribution in [0.1, 0.15) is 43.0 Å². The molecule has 10 rings (SSSR count). The smallest absolute Gasteiger partial charge is 0.338 e. The minimum absolute atomic E-state index is 0.0116. The number of piperidine rings is 2. The molecule has 5 nitrogen and oxygen atoms in total. The van der Waals surface area contributed by atoms with Crippen molar-refractivity contribution in [3.63, 3.8) is 0 Å². The Morgan fingerprint density at radius 2 is 1.91 bits per heavy atom.